The van der Waals surface area contributed by atoms with Crippen LogP contribution in [-0.2, 0) is 0 Å². The van der Waals surface area contributed by atoms with E-state index >= 15 is 0 Å². The minimum Gasteiger partial charge on any atom is -0.520 e. The molecular weight excluding hydrogens is 1060 g/mol. The Balaban J connectivity index is 0.000000220. The van der Waals surface area contributed by atoms with Gasteiger partial charge < -0.3 is 29.6 Å². The molecule has 4 N–H and O–H groups in total. The van der Waals surface area contributed by atoms with Crippen molar-refractivity contribution in [2.75, 3.05) is 25.0 Å². The molecule has 0 unspecified atom stereocenters. The standard InChI is InChI=1S/C26H29BO4S4.C14H16O3S2.C12H17BO3S2/c1-25(2,3)21(28)19-11-14(23(32-7)34-19)9-10-27-30-17-12-15-16(13-18(17)31-27)24(33-8)35-20(15)22(29)26(4,5)6;1-14(2,3)12(17)11-7-5-9(15)10(16)6-8(7)13(18-4)19-11;1-12(2,3)10(14)9-7-8(5-6-13(15)16)11(17-4)18-9/h9-13H,1-8H3;5-6,15-16H,1-4H3;5-7,15-16H,1-4H3/b10-9+;;6-5+. The summed E-state index contributed by atoms with van der Waals surface area (Å²) in [7, 11) is -2.04. The Morgan fingerprint density at radius 2 is 0.847 bits per heavy atom. The fourth-order valence-electron chi connectivity index (χ4n) is 6.78. The number of rotatable bonds is 12. The molecule has 72 heavy (non-hydrogen) atoms. The summed E-state index contributed by atoms with van der Waals surface area (Å²) < 4.78 is 16.3. The summed E-state index contributed by atoms with van der Waals surface area (Å²) in [6.45, 7) is 22.9. The highest BCUT2D eigenvalue weighted by Gasteiger charge is 2.34. The van der Waals surface area contributed by atoms with E-state index < -0.39 is 35.9 Å². The molecule has 0 amide bonds. The Morgan fingerprint density at radius 1 is 0.500 bits per heavy atom. The van der Waals surface area contributed by atoms with Crippen LogP contribution in [0.1, 0.15) is 133 Å². The largest absolute Gasteiger partial charge is 0.625 e. The van der Waals surface area contributed by atoms with Gasteiger partial charge in [-0.15, -0.1) is 92.4 Å². The number of thiophene rings is 4. The number of phenols is 2. The molecule has 0 radical (unpaired) electrons. The summed E-state index contributed by atoms with van der Waals surface area (Å²) in [6, 6.07) is 10.7. The number of benzene rings is 2. The lowest BCUT2D eigenvalue weighted by Crippen LogP contribution is -2.21. The van der Waals surface area contributed by atoms with Crippen LogP contribution in [0.25, 0.3) is 33.7 Å². The van der Waals surface area contributed by atoms with Crippen LogP contribution in [0.3, 0.4) is 0 Å². The van der Waals surface area contributed by atoms with Crippen molar-refractivity contribution >= 4 is 163 Å². The number of thioether (sulfide) groups is 4. The maximum absolute atomic E-state index is 13.1. The molecule has 0 atom stereocenters. The highest BCUT2D eigenvalue weighted by molar-refractivity contribution is 8.01. The average Bonchev–Trinajstić information content (AvgIpc) is 4.13. The van der Waals surface area contributed by atoms with Crippen molar-refractivity contribution in [3.63, 3.8) is 0 Å². The van der Waals surface area contributed by atoms with Crippen molar-refractivity contribution in [2.24, 2.45) is 21.7 Å². The van der Waals surface area contributed by atoms with Crippen LogP contribution < -0.4 is 9.31 Å². The summed E-state index contributed by atoms with van der Waals surface area (Å²) in [5, 5.41) is 40.4. The van der Waals surface area contributed by atoms with E-state index in [0.29, 0.717) is 26.6 Å². The van der Waals surface area contributed by atoms with E-state index in [2.05, 4.69) is 0 Å². The zero-order chi connectivity index (χ0) is 54.0. The highest BCUT2D eigenvalue weighted by Crippen LogP contribution is 2.47. The fraction of sp³-hybridized carbons (Fsp3) is 0.385. The predicted octanol–water partition coefficient (Wildman–Crippen LogP) is 15.4. The summed E-state index contributed by atoms with van der Waals surface area (Å²) >= 11 is 12.3. The minimum absolute atomic E-state index is 0.0490. The number of carbonyl (C=O) groups excluding carboxylic acids is 4. The molecule has 0 aliphatic carbocycles. The van der Waals surface area contributed by atoms with Gasteiger partial charge in [0.15, 0.2) is 34.6 Å². The van der Waals surface area contributed by atoms with Crippen molar-refractivity contribution in [1.29, 1.82) is 0 Å². The lowest BCUT2D eigenvalue weighted by molar-refractivity contribution is 0.0857. The first kappa shape index (κ1) is 59.4. The molecular formula is C52H62B2O10S8. The minimum atomic E-state index is -1.47. The van der Waals surface area contributed by atoms with Gasteiger partial charge in [-0.25, -0.2) is 0 Å². The molecule has 1 aliphatic heterocycles. The number of fused-ring (bicyclic) bond motifs is 3. The number of hydrogen-bond donors (Lipinski definition) is 4. The van der Waals surface area contributed by atoms with Crippen molar-refractivity contribution < 1.29 is 48.7 Å². The van der Waals surface area contributed by atoms with E-state index in [1.807, 2.05) is 144 Å². The smallest absolute Gasteiger partial charge is 0.520 e. The van der Waals surface area contributed by atoms with Gasteiger partial charge in [-0.2, -0.15) is 0 Å². The molecule has 10 nitrogen and oxygen atoms in total. The first-order valence-corrected chi connectivity index (χ1v) is 30.8. The Kier molecular flexibility index (Phi) is 19.5. The lowest BCUT2D eigenvalue weighted by atomic mass is 9.88. The van der Waals surface area contributed by atoms with E-state index in [-0.39, 0.29) is 34.6 Å². The second kappa shape index (κ2) is 23.6. The van der Waals surface area contributed by atoms with Gasteiger partial charge >= 0.3 is 14.2 Å². The van der Waals surface area contributed by atoms with Crippen LogP contribution in [0.15, 0.2) is 65.2 Å². The molecule has 2 aromatic carbocycles. The second-order valence-corrected chi connectivity index (χ2v) is 29.2. The van der Waals surface area contributed by atoms with Crippen molar-refractivity contribution in [3.8, 4) is 23.0 Å². The van der Waals surface area contributed by atoms with E-state index in [1.165, 1.54) is 75.2 Å². The molecule has 20 heteroatoms. The Bertz CT molecular complexity index is 3060. The van der Waals surface area contributed by atoms with Gasteiger partial charge in [-0.1, -0.05) is 101 Å². The predicted molar refractivity (Wildman–Crippen MR) is 313 cm³/mol. The normalized spacial score (nSPS) is 12.9. The first-order chi connectivity index (χ1) is 33.3. The molecule has 5 heterocycles. The molecule has 0 saturated heterocycles. The van der Waals surface area contributed by atoms with Crippen molar-refractivity contribution in [2.45, 2.75) is 99.9 Å². The molecule has 0 spiro atoms. The van der Waals surface area contributed by atoms with Gasteiger partial charge in [-0.05, 0) is 78.5 Å². The SMILES string of the molecule is CSc1sc(C(=O)C(C)(C)C)c2cc(O)c(O)cc12.CSc1sc(C(=O)C(C)(C)C)cc1/C=C/B(O)O.CSc1sc(C(=O)C(C)(C)C)cc1/C=C/B1Oc2cc3c(SC)sc(C(=O)C(C)(C)C)c3cc2O1. The van der Waals surface area contributed by atoms with E-state index in [9.17, 15) is 29.4 Å². The molecule has 7 rings (SSSR count). The molecule has 6 aromatic rings. The third-order valence-corrected chi connectivity index (χ3v) is 20.0. The molecule has 0 fully saturated rings. The topological polar surface area (TPSA) is 168 Å². The van der Waals surface area contributed by atoms with Crippen LogP contribution in [-0.4, -0.2) is 82.7 Å². The van der Waals surface area contributed by atoms with Crippen molar-refractivity contribution in [3.05, 3.63) is 79.0 Å². The molecule has 0 saturated carbocycles. The summed E-state index contributed by atoms with van der Waals surface area (Å²) in [6.07, 6.45) is 11.5. The Hall–Kier alpha value is -3.43. The summed E-state index contributed by atoms with van der Waals surface area (Å²) in [5.74, 6) is 4.54. The lowest BCUT2D eigenvalue weighted by Gasteiger charge is -2.15. The fourth-order valence-corrected chi connectivity index (χ4v) is 15.0. The second-order valence-electron chi connectivity index (χ2n) is 20.7. The summed E-state index contributed by atoms with van der Waals surface area (Å²) in [5.41, 5.74) is 0.0857. The number of ketones is 4. The monoisotopic (exact) mass is 1120 g/mol. The van der Waals surface area contributed by atoms with Gasteiger partial charge in [0.25, 0.3) is 0 Å². The average molecular weight is 1130 g/mol. The van der Waals surface area contributed by atoms with Crippen LogP contribution in [0.4, 0.5) is 0 Å². The number of phenolic OH excluding ortho intramolecular Hbond substituents is 2. The number of hydrogen-bond acceptors (Lipinski definition) is 18. The Labute approximate surface area is 457 Å². The molecule has 0 bridgehead atoms. The maximum atomic E-state index is 13.1. The zero-order valence-electron chi connectivity index (χ0n) is 43.4. The van der Waals surface area contributed by atoms with Gasteiger partial charge in [0.05, 0.1) is 36.3 Å². The van der Waals surface area contributed by atoms with Crippen LogP contribution >= 0.6 is 92.4 Å². The highest BCUT2D eigenvalue weighted by atomic mass is 32.2. The maximum Gasteiger partial charge on any atom is 0.625 e. The van der Waals surface area contributed by atoms with E-state index in [0.717, 1.165) is 53.9 Å². The Morgan fingerprint density at radius 3 is 1.22 bits per heavy atom. The van der Waals surface area contributed by atoms with Gasteiger partial charge in [0.2, 0.25) is 0 Å². The zero-order valence-corrected chi connectivity index (χ0v) is 50.0. The van der Waals surface area contributed by atoms with Crippen LogP contribution in [0, 0.1) is 21.7 Å². The molecule has 1 aliphatic rings. The van der Waals surface area contributed by atoms with E-state index in [1.54, 1.807) is 41.4 Å². The number of Topliss-reactive ketones (excluding diaryl/α,β-unsaturated/α-hetero) is 4. The molecule has 4 aromatic heterocycles. The van der Waals surface area contributed by atoms with Crippen LogP contribution in [0.5, 0.6) is 23.0 Å². The third-order valence-electron chi connectivity index (χ3n) is 10.7. The third kappa shape index (κ3) is 14.1. The van der Waals surface area contributed by atoms with Gasteiger partial charge in [-0.3, -0.25) is 19.2 Å². The first-order valence-electron chi connectivity index (χ1n) is 22.6. The summed E-state index contributed by atoms with van der Waals surface area (Å²) in [4.78, 5) is 53.3. The van der Waals surface area contributed by atoms with E-state index in [4.69, 9.17) is 19.4 Å². The van der Waals surface area contributed by atoms with Gasteiger partial charge in [0, 0.05) is 43.2 Å². The van der Waals surface area contributed by atoms with Crippen LogP contribution in [0.2, 0.25) is 0 Å². The van der Waals surface area contributed by atoms with Crippen molar-refractivity contribution in [1.82, 2.24) is 0 Å². The molecule has 384 valence electrons. The quantitative estimate of drug-likeness (QED) is 0.0395. The number of carbonyl (C=O) groups is 4. The number of aromatic hydroxyl groups is 2. The van der Waals surface area contributed by atoms with Gasteiger partial charge in [0.1, 0.15) is 11.5 Å².